The van der Waals surface area contributed by atoms with Crippen LogP contribution in [0.4, 0.5) is 17.3 Å². The maximum absolute atomic E-state index is 12.2. The van der Waals surface area contributed by atoms with Gasteiger partial charge >= 0.3 is 5.97 Å². The Morgan fingerprint density at radius 3 is 2.68 bits per heavy atom. The van der Waals surface area contributed by atoms with E-state index >= 15 is 0 Å². The summed E-state index contributed by atoms with van der Waals surface area (Å²) in [6.45, 7) is 4.55. The third-order valence-electron chi connectivity index (χ3n) is 6.40. The molecule has 196 valence electrons. The number of nitrogens with one attached hydrogen (secondary N) is 2. The first-order chi connectivity index (χ1) is 18.5. The molecule has 0 aliphatic carbocycles. The van der Waals surface area contributed by atoms with Crippen molar-refractivity contribution in [2.45, 2.75) is 45.1 Å². The minimum Gasteiger partial charge on any atom is -0.479 e. The number of aromatic nitrogens is 2. The van der Waals surface area contributed by atoms with Gasteiger partial charge < -0.3 is 20.6 Å². The van der Waals surface area contributed by atoms with E-state index in [1.807, 2.05) is 25.1 Å². The highest BCUT2D eigenvalue weighted by molar-refractivity contribution is 5.86. The van der Waals surface area contributed by atoms with Crippen molar-refractivity contribution in [2.75, 3.05) is 30.3 Å². The summed E-state index contributed by atoms with van der Waals surface area (Å²) < 4.78 is 0. The van der Waals surface area contributed by atoms with E-state index in [1.54, 1.807) is 42.7 Å². The quantitative estimate of drug-likeness (QED) is 0.313. The van der Waals surface area contributed by atoms with Crippen molar-refractivity contribution in [3.8, 4) is 6.07 Å². The SMILES string of the molecule is Cc1cc(/N=C2\CCCCCN2CCCNc2ncccn2)cc(C(Nc2ccc(C#N)cc2)C(=O)O)c1. The van der Waals surface area contributed by atoms with Gasteiger partial charge in [-0.05, 0) is 79.8 Å². The highest BCUT2D eigenvalue weighted by atomic mass is 16.4. The fourth-order valence-corrected chi connectivity index (χ4v) is 4.55. The fraction of sp³-hybridized carbons (Fsp3) is 0.345. The maximum Gasteiger partial charge on any atom is 0.330 e. The molecule has 1 fully saturated rings. The smallest absolute Gasteiger partial charge is 0.330 e. The first-order valence-corrected chi connectivity index (χ1v) is 13.0. The first-order valence-electron chi connectivity index (χ1n) is 13.0. The molecule has 1 aromatic heterocycles. The molecule has 1 aliphatic heterocycles. The van der Waals surface area contributed by atoms with Crippen molar-refractivity contribution in [3.63, 3.8) is 0 Å². The molecule has 0 bridgehead atoms. The number of nitriles is 1. The monoisotopic (exact) mass is 511 g/mol. The summed E-state index contributed by atoms with van der Waals surface area (Å²) in [5.41, 5.74) is 3.49. The van der Waals surface area contributed by atoms with Crippen molar-refractivity contribution in [1.29, 1.82) is 5.26 Å². The van der Waals surface area contributed by atoms with Crippen LogP contribution in [0, 0.1) is 18.3 Å². The van der Waals surface area contributed by atoms with Crippen LogP contribution in [0.1, 0.15) is 54.8 Å². The van der Waals surface area contributed by atoms with Gasteiger partial charge in [0.2, 0.25) is 5.95 Å². The van der Waals surface area contributed by atoms with Crippen LogP contribution in [0.5, 0.6) is 0 Å². The molecule has 0 amide bonds. The van der Waals surface area contributed by atoms with Gasteiger partial charge in [0.25, 0.3) is 0 Å². The highest BCUT2D eigenvalue weighted by Crippen LogP contribution is 2.27. The van der Waals surface area contributed by atoms with Gasteiger partial charge in [-0.15, -0.1) is 0 Å². The molecule has 1 unspecified atom stereocenters. The lowest BCUT2D eigenvalue weighted by Gasteiger charge is -2.24. The molecular weight excluding hydrogens is 478 g/mol. The van der Waals surface area contributed by atoms with E-state index < -0.39 is 12.0 Å². The number of anilines is 2. The molecule has 9 heteroatoms. The fourth-order valence-electron chi connectivity index (χ4n) is 4.55. The van der Waals surface area contributed by atoms with Gasteiger partial charge in [0.1, 0.15) is 5.84 Å². The Labute approximate surface area is 223 Å². The van der Waals surface area contributed by atoms with E-state index in [2.05, 4.69) is 31.6 Å². The Balaban J connectivity index is 1.50. The number of amidine groups is 1. The molecule has 9 nitrogen and oxygen atoms in total. The summed E-state index contributed by atoms with van der Waals surface area (Å²) in [6, 6.07) is 15.4. The summed E-state index contributed by atoms with van der Waals surface area (Å²) in [5.74, 6) is 0.693. The summed E-state index contributed by atoms with van der Waals surface area (Å²) in [5, 5.41) is 25.4. The number of hydrogen-bond donors (Lipinski definition) is 3. The van der Waals surface area contributed by atoms with E-state index in [4.69, 9.17) is 10.3 Å². The number of aliphatic imine (C=N–C) groups is 1. The molecular formula is C29H33N7O2. The number of benzene rings is 2. The second-order valence-electron chi connectivity index (χ2n) is 9.39. The van der Waals surface area contributed by atoms with E-state index in [0.717, 1.165) is 62.4 Å². The Morgan fingerprint density at radius 2 is 1.95 bits per heavy atom. The van der Waals surface area contributed by atoms with Crippen LogP contribution < -0.4 is 10.6 Å². The zero-order valence-electron chi connectivity index (χ0n) is 21.6. The molecule has 1 saturated heterocycles. The van der Waals surface area contributed by atoms with Gasteiger partial charge in [-0.1, -0.05) is 12.5 Å². The summed E-state index contributed by atoms with van der Waals surface area (Å²) in [7, 11) is 0. The summed E-state index contributed by atoms with van der Waals surface area (Å²) in [4.78, 5) is 28.0. The number of hydrogen-bond acceptors (Lipinski definition) is 7. The standard InChI is InChI=1S/C29H33N7O2/c1-21-17-23(27(28(37)38)35-24-10-8-22(20-30)9-11-24)19-25(18-21)34-26-7-3-2-4-15-36(26)16-6-14-33-29-31-12-5-13-32-29/h5,8-13,17-19,27,35H,2-4,6-7,14-16H2,1H3,(H,37,38)(H,31,32,33)/b34-26+. The molecule has 2 heterocycles. The number of aliphatic carboxylic acids is 1. The van der Waals surface area contributed by atoms with E-state index in [1.165, 1.54) is 6.42 Å². The maximum atomic E-state index is 12.2. The number of likely N-dealkylation sites (tertiary alicyclic amines) is 1. The normalized spacial score (nSPS) is 15.4. The minimum atomic E-state index is -0.982. The van der Waals surface area contributed by atoms with Gasteiger partial charge in [0.05, 0.1) is 17.3 Å². The van der Waals surface area contributed by atoms with E-state index in [-0.39, 0.29) is 0 Å². The lowest BCUT2D eigenvalue weighted by molar-refractivity contribution is -0.138. The highest BCUT2D eigenvalue weighted by Gasteiger charge is 2.21. The second kappa shape index (κ2) is 13.2. The third-order valence-corrected chi connectivity index (χ3v) is 6.40. The average molecular weight is 512 g/mol. The molecule has 1 aliphatic rings. The van der Waals surface area contributed by atoms with Crippen LogP contribution in [0.3, 0.4) is 0 Å². The molecule has 3 aromatic rings. The second-order valence-corrected chi connectivity index (χ2v) is 9.39. The molecule has 0 radical (unpaired) electrons. The Kier molecular flexibility index (Phi) is 9.24. The van der Waals surface area contributed by atoms with Crippen LogP contribution in [0.15, 0.2) is 65.9 Å². The van der Waals surface area contributed by atoms with Crippen molar-refractivity contribution in [3.05, 3.63) is 77.6 Å². The van der Waals surface area contributed by atoms with Crippen LogP contribution in [0.2, 0.25) is 0 Å². The number of carbonyl (C=O) groups is 1. The molecule has 1 atom stereocenters. The first kappa shape index (κ1) is 26.6. The summed E-state index contributed by atoms with van der Waals surface area (Å²) >= 11 is 0. The van der Waals surface area contributed by atoms with Crippen molar-refractivity contribution < 1.29 is 9.90 Å². The van der Waals surface area contributed by atoms with Gasteiger partial charge in [0.15, 0.2) is 6.04 Å². The predicted octanol–water partition coefficient (Wildman–Crippen LogP) is 5.30. The van der Waals surface area contributed by atoms with Gasteiger partial charge in [0, 0.05) is 44.1 Å². The average Bonchev–Trinajstić information content (AvgIpc) is 3.15. The van der Waals surface area contributed by atoms with Gasteiger partial charge in [-0.3, -0.25) is 0 Å². The largest absolute Gasteiger partial charge is 0.479 e. The predicted molar refractivity (Wildman–Crippen MR) is 149 cm³/mol. The Morgan fingerprint density at radius 1 is 1.16 bits per heavy atom. The number of nitrogens with zero attached hydrogens (tertiary/aromatic N) is 5. The number of carboxylic acids is 1. The minimum absolute atomic E-state index is 0.522. The lowest BCUT2D eigenvalue weighted by atomic mass is 10.0. The zero-order chi connectivity index (χ0) is 26.7. The van der Waals surface area contributed by atoms with Gasteiger partial charge in [-0.2, -0.15) is 5.26 Å². The van der Waals surface area contributed by atoms with E-state index in [0.29, 0.717) is 22.8 Å². The van der Waals surface area contributed by atoms with Crippen LogP contribution in [0.25, 0.3) is 0 Å². The molecule has 38 heavy (non-hydrogen) atoms. The Bertz CT molecular complexity index is 1290. The van der Waals surface area contributed by atoms with Crippen molar-refractivity contribution in [1.82, 2.24) is 14.9 Å². The van der Waals surface area contributed by atoms with Crippen LogP contribution in [-0.4, -0.2) is 51.4 Å². The number of rotatable bonds is 10. The number of carboxylic acid groups (broad SMARTS) is 1. The topological polar surface area (TPSA) is 127 Å². The molecule has 0 saturated carbocycles. The van der Waals surface area contributed by atoms with Crippen LogP contribution >= 0.6 is 0 Å². The zero-order valence-corrected chi connectivity index (χ0v) is 21.6. The molecule has 4 rings (SSSR count). The lowest BCUT2D eigenvalue weighted by Crippen LogP contribution is -2.32. The van der Waals surface area contributed by atoms with Crippen molar-refractivity contribution in [2.24, 2.45) is 4.99 Å². The van der Waals surface area contributed by atoms with Crippen LogP contribution in [-0.2, 0) is 4.79 Å². The number of aryl methyl sites for hydroxylation is 1. The van der Waals surface area contributed by atoms with E-state index in [9.17, 15) is 9.90 Å². The Hall–Kier alpha value is -4.45. The van der Waals surface area contributed by atoms with Gasteiger partial charge in [-0.25, -0.2) is 19.8 Å². The third kappa shape index (κ3) is 7.53. The molecule has 3 N–H and O–H groups in total. The summed E-state index contributed by atoms with van der Waals surface area (Å²) in [6.07, 6.45) is 8.64. The van der Waals surface area contributed by atoms with Crippen molar-refractivity contribution >= 4 is 29.1 Å². The molecule has 2 aromatic carbocycles. The molecule has 0 spiro atoms.